The van der Waals surface area contributed by atoms with Crippen LogP contribution in [0.3, 0.4) is 0 Å². The van der Waals surface area contributed by atoms with Crippen molar-refractivity contribution in [2.75, 3.05) is 0 Å². The van der Waals surface area contributed by atoms with Gasteiger partial charge in [0.15, 0.2) is 69.9 Å². The summed E-state index contributed by atoms with van der Waals surface area (Å²) in [6.07, 6.45) is 1.82. The molecule has 15 aromatic carbocycles. The number of hydrogen-bond acceptors (Lipinski definition) is 16. The first-order valence-electron chi connectivity index (χ1n) is 43.5. The zero-order chi connectivity index (χ0) is 88.8. The standard InChI is InChI=1S/C45H35N7.C35H25N5.C35H24N4/c1-28-23-29(2)47-41(46-28)36-19-15-32(16-20-36)38-25-39(33-17-21-37(22-18-33)42-48-30(3)24-31(4)49-42)27-40(26-38)45-51-43(34-11-7-5-8-12-34)50-44(52-45)35-13-9-6-10-14-35;1-22-18-23(2)37-32(36-22)28-12-7-13-29(21-28)33-38-34(30-16-14-24-8-3-5-10-26(24)19-30)40-35(39-33)31-17-15-25-9-4-6-11-27(25)20-31;1-23-32(14-7-19-36-23)28-12-6-13-29(22-28)33-37-34(30-17-15-24-8-2-4-10-26(24)20-30)39-35(38-33)31-18-16-25-9-3-5-11-27(25)21-31/h5-27H,1-4H3;3-21H,1-2H3;2-22H,1H3. The van der Waals surface area contributed by atoms with Crippen molar-refractivity contribution in [3.63, 3.8) is 0 Å². The second-order valence-electron chi connectivity index (χ2n) is 32.6. The van der Waals surface area contributed by atoms with Crippen LogP contribution in [0.25, 0.3) is 213 Å². The highest BCUT2D eigenvalue weighted by Gasteiger charge is 2.21. The fourth-order valence-electron chi connectivity index (χ4n) is 16.5. The first kappa shape index (κ1) is 82.1. The zero-order valence-corrected chi connectivity index (χ0v) is 73.0. The molecule has 0 amide bonds. The van der Waals surface area contributed by atoms with E-state index < -0.39 is 0 Å². The van der Waals surface area contributed by atoms with Crippen molar-refractivity contribution < 1.29 is 0 Å². The monoisotopic (exact) mass is 1690 g/mol. The van der Waals surface area contributed by atoms with Gasteiger partial charge in [-0.05, 0) is 198 Å². The van der Waals surface area contributed by atoms with Crippen LogP contribution in [0.5, 0.6) is 0 Å². The van der Waals surface area contributed by atoms with Crippen molar-refractivity contribution in [2.45, 2.75) is 48.5 Å². The highest BCUT2D eigenvalue weighted by Crippen LogP contribution is 2.39. The maximum atomic E-state index is 5.05. The quantitative estimate of drug-likeness (QED) is 0.0935. The third kappa shape index (κ3) is 18.5. The minimum absolute atomic E-state index is 0.594. The minimum atomic E-state index is 0.594. The van der Waals surface area contributed by atoms with Gasteiger partial charge in [0.25, 0.3) is 0 Å². The summed E-state index contributed by atoms with van der Waals surface area (Å²) in [6.45, 7) is 14.0. The van der Waals surface area contributed by atoms with Gasteiger partial charge in [-0.2, -0.15) is 0 Å². The Bertz CT molecular complexity index is 7640. The van der Waals surface area contributed by atoms with Crippen molar-refractivity contribution in [1.29, 1.82) is 0 Å². The first-order valence-corrected chi connectivity index (χ1v) is 43.5. The average molecular weight is 1690 g/mol. The van der Waals surface area contributed by atoms with Crippen molar-refractivity contribution >= 4 is 43.1 Å². The Morgan fingerprint density at radius 1 is 0.130 bits per heavy atom. The van der Waals surface area contributed by atoms with Crippen LogP contribution < -0.4 is 0 Å². The third-order valence-corrected chi connectivity index (χ3v) is 22.9. The Kier molecular flexibility index (Phi) is 22.8. The largest absolute Gasteiger partial charge is 0.261 e. The Hall–Kier alpha value is -17.2. The fraction of sp³-hybridized carbons (Fsp3) is 0.0609. The van der Waals surface area contributed by atoms with Gasteiger partial charge in [-0.1, -0.05) is 297 Å². The number of hydrogen-bond donors (Lipinski definition) is 0. The van der Waals surface area contributed by atoms with Gasteiger partial charge in [0.05, 0.1) is 0 Å². The van der Waals surface area contributed by atoms with Crippen molar-refractivity contribution in [3.8, 4) is 170 Å². The molecule has 0 fully saturated rings. The second-order valence-corrected chi connectivity index (χ2v) is 32.6. The van der Waals surface area contributed by atoms with Crippen LogP contribution >= 0.6 is 0 Å². The molecule has 22 aromatic rings. The van der Waals surface area contributed by atoms with Crippen LogP contribution in [0.1, 0.15) is 39.9 Å². The van der Waals surface area contributed by atoms with E-state index in [9.17, 15) is 0 Å². The summed E-state index contributed by atoms with van der Waals surface area (Å²) < 4.78 is 0. The van der Waals surface area contributed by atoms with E-state index in [1.807, 2.05) is 188 Å². The molecule has 0 atom stereocenters. The van der Waals surface area contributed by atoms with Crippen LogP contribution in [0, 0.1) is 48.5 Å². The van der Waals surface area contributed by atoms with Crippen molar-refractivity contribution in [3.05, 3.63) is 422 Å². The molecule has 0 N–H and O–H groups in total. The third-order valence-electron chi connectivity index (χ3n) is 22.9. The summed E-state index contributed by atoms with van der Waals surface area (Å²) in [4.78, 5) is 77.4. The summed E-state index contributed by atoms with van der Waals surface area (Å²) >= 11 is 0. The van der Waals surface area contributed by atoms with Crippen LogP contribution in [0.4, 0.5) is 0 Å². The normalized spacial score (nSPS) is 11.2. The van der Waals surface area contributed by atoms with Gasteiger partial charge in [0.2, 0.25) is 0 Å². The average Bonchev–Trinajstić information content (AvgIpc) is 0.785. The summed E-state index contributed by atoms with van der Waals surface area (Å²) in [6, 6.07) is 129. The maximum Gasteiger partial charge on any atom is 0.164 e. The first-order chi connectivity index (χ1) is 64.1. The van der Waals surface area contributed by atoms with Crippen LogP contribution in [0.2, 0.25) is 0 Å². The van der Waals surface area contributed by atoms with Crippen molar-refractivity contribution in [1.82, 2.24) is 79.7 Å². The minimum Gasteiger partial charge on any atom is -0.261 e. The molecule has 0 radical (unpaired) electrons. The molecule has 0 saturated heterocycles. The molecule has 0 spiro atoms. The predicted octanol–water partition coefficient (Wildman–Crippen LogP) is 27.2. The van der Waals surface area contributed by atoms with Gasteiger partial charge in [-0.15, -0.1) is 0 Å². The molecule has 0 aliphatic carbocycles. The summed E-state index contributed by atoms with van der Waals surface area (Å²) in [5.74, 6) is 7.77. The summed E-state index contributed by atoms with van der Waals surface area (Å²) in [5.41, 5.74) is 24.2. The number of nitrogens with zero attached hydrogens (tertiary/aromatic N) is 16. The topological polar surface area (TPSA) is 206 Å². The molecule has 16 heteroatoms. The highest BCUT2D eigenvalue weighted by molar-refractivity contribution is 5.92. The Labute approximate surface area is 758 Å². The lowest BCUT2D eigenvalue weighted by molar-refractivity contribution is 1.06. The van der Waals surface area contributed by atoms with E-state index >= 15 is 0 Å². The lowest BCUT2D eigenvalue weighted by Crippen LogP contribution is -2.01. The van der Waals surface area contributed by atoms with Crippen LogP contribution in [-0.2, 0) is 0 Å². The van der Waals surface area contributed by atoms with Gasteiger partial charge in [-0.25, -0.2) is 74.8 Å². The lowest BCUT2D eigenvalue weighted by atomic mass is 9.94. The Balaban J connectivity index is 0.000000124. The molecule has 0 unspecified atom stereocenters. The number of fused-ring (bicyclic) bond motifs is 4. The molecule has 0 bridgehead atoms. The van der Waals surface area contributed by atoms with E-state index in [0.717, 1.165) is 173 Å². The van der Waals surface area contributed by atoms with Gasteiger partial charge >= 0.3 is 0 Å². The fourth-order valence-corrected chi connectivity index (χ4v) is 16.5. The molecule has 131 heavy (non-hydrogen) atoms. The van der Waals surface area contributed by atoms with E-state index in [1.165, 1.54) is 21.5 Å². The molecule has 7 heterocycles. The van der Waals surface area contributed by atoms with E-state index in [-0.39, 0.29) is 0 Å². The SMILES string of the molecule is Cc1cc(C)nc(-c2ccc(-c3cc(-c4ccc(-c5nc(C)cc(C)n5)cc4)cc(-c4nc(-c5ccccc5)nc(-c5ccccc5)n4)c3)cc2)n1.Cc1cc(C)nc(-c2cccc(-c3nc(-c4ccc5ccccc5c4)nc(-c4ccc5ccccc5c4)n3)c2)n1.Cc1ncccc1-c1cccc(-c2nc(-c3ccc4ccccc4c3)nc(-c3ccc4ccccc4c3)n2)c1. The molecule has 624 valence electrons. The molecular formula is C115H84N16. The van der Waals surface area contributed by atoms with Crippen LogP contribution in [-0.4, -0.2) is 79.7 Å². The number of aryl methyl sites for hydroxylation is 7. The number of pyridine rings is 1. The Morgan fingerprint density at radius 2 is 0.344 bits per heavy atom. The number of aromatic nitrogens is 16. The zero-order valence-electron chi connectivity index (χ0n) is 73.0. The van der Waals surface area contributed by atoms with Crippen LogP contribution in [0.15, 0.2) is 382 Å². The maximum absolute atomic E-state index is 5.05. The van der Waals surface area contributed by atoms with E-state index in [2.05, 4.69) is 278 Å². The Morgan fingerprint density at radius 3 is 0.664 bits per heavy atom. The molecule has 7 aromatic heterocycles. The van der Waals surface area contributed by atoms with E-state index in [4.69, 9.17) is 44.9 Å². The summed E-state index contributed by atoms with van der Waals surface area (Å²) in [5, 5.41) is 9.31. The second kappa shape index (κ2) is 36.4. The summed E-state index contributed by atoms with van der Waals surface area (Å²) in [7, 11) is 0. The van der Waals surface area contributed by atoms with Gasteiger partial charge in [0.1, 0.15) is 0 Å². The van der Waals surface area contributed by atoms with Crippen molar-refractivity contribution in [2.24, 2.45) is 0 Å². The molecule has 16 nitrogen and oxygen atoms in total. The van der Waals surface area contributed by atoms with Gasteiger partial charge < -0.3 is 0 Å². The van der Waals surface area contributed by atoms with E-state index in [0.29, 0.717) is 58.2 Å². The molecule has 0 aliphatic rings. The molecular weight excluding hydrogens is 1610 g/mol. The lowest BCUT2D eigenvalue weighted by Gasteiger charge is -2.13. The van der Waals surface area contributed by atoms with Gasteiger partial charge in [-0.3, -0.25) is 4.98 Å². The number of benzene rings is 15. The highest BCUT2D eigenvalue weighted by atomic mass is 15.1. The molecule has 0 saturated carbocycles. The van der Waals surface area contributed by atoms with Gasteiger partial charge in [0, 0.05) is 118 Å². The molecule has 22 rings (SSSR count). The van der Waals surface area contributed by atoms with E-state index in [1.54, 1.807) is 0 Å². The number of rotatable bonds is 15. The predicted molar refractivity (Wildman–Crippen MR) is 529 cm³/mol. The molecule has 0 aliphatic heterocycles. The smallest absolute Gasteiger partial charge is 0.164 e.